The Morgan fingerprint density at radius 1 is 1.80 bits per heavy atom. The van der Waals surface area contributed by atoms with E-state index in [2.05, 4.69) is 21.7 Å². The van der Waals surface area contributed by atoms with E-state index in [4.69, 9.17) is 5.21 Å². The first-order valence-corrected chi connectivity index (χ1v) is 2.80. The zero-order chi connectivity index (χ0) is 7.66. The number of rotatable bonds is 4. The summed E-state index contributed by atoms with van der Waals surface area (Å²) in [7, 11) is 0. The van der Waals surface area contributed by atoms with Crippen molar-refractivity contribution in [3.8, 4) is 11.8 Å². The van der Waals surface area contributed by atoms with Gasteiger partial charge in [-0.25, -0.2) is 0 Å². The van der Waals surface area contributed by atoms with Crippen LogP contribution in [0.25, 0.3) is 0 Å². The van der Waals surface area contributed by atoms with E-state index in [1.807, 2.05) is 0 Å². The zero-order valence-electron chi connectivity index (χ0n) is 5.79. The summed E-state index contributed by atoms with van der Waals surface area (Å²) in [6.45, 7) is 1.86. The molecule has 0 aromatic carbocycles. The molecular weight excluding hydrogens is 132 g/mol. The molecule has 4 nitrogen and oxygen atoms in total. The van der Waals surface area contributed by atoms with Crippen LogP contribution in [0.5, 0.6) is 0 Å². The predicted molar refractivity (Wildman–Crippen MR) is 37.4 cm³/mol. The Kier molecular flexibility index (Phi) is 7.39. The molecule has 0 saturated heterocycles. The number of aliphatic imine (C=N–C) groups is 1. The monoisotopic (exact) mass is 142 g/mol. The van der Waals surface area contributed by atoms with Crippen LogP contribution < -0.4 is 5.64 Å². The van der Waals surface area contributed by atoms with Gasteiger partial charge in [-0.3, -0.25) is 15.0 Å². The zero-order valence-corrected chi connectivity index (χ0v) is 5.79. The molecule has 0 bridgehead atoms. The Bertz CT molecular complexity index is 146. The highest BCUT2D eigenvalue weighted by molar-refractivity contribution is 5.60. The molecule has 0 aromatic heterocycles. The molecule has 0 spiro atoms. The molecule has 10 heavy (non-hydrogen) atoms. The third-order valence-corrected chi connectivity index (χ3v) is 0.703. The van der Waals surface area contributed by atoms with Gasteiger partial charge in [-0.05, 0) is 6.92 Å². The Morgan fingerprint density at radius 2 is 2.60 bits per heavy atom. The Balaban J connectivity index is 3.09. The Morgan fingerprint density at radius 3 is 3.20 bits per heavy atom. The smallest absolute Gasteiger partial charge is 0.160 e. The first-order valence-electron chi connectivity index (χ1n) is 2.80. The lowest BCUT2D eigenvalue weighted by Gasteiger charge is -1.90. The van der Waals surface area contributed by atoms with Gasteiger partial charge in [-0.2, -0.15) is 0 Å². The maximum absolute atomic E-state index is 7.89. The summed E-state index contributed by atoms with van der Waals surface area (Å²) in [5, 5.41) is 7.89. The van der Waals surface area contributed by atoms with Crippen molar-refractivity contribution in [2.24, 2.45) is 4.99 Å². The second kappa shape index (κ2) is 8.11. The van der Waals surface area contributed by atoms with Gasteiger partial charge in [-0.1, -0.05) is 11.6 Å². The topological polar surface area (TPSA) is 53.8 Å². The van der Waals surface area contributed by atoms with Crippen LogP contribution in [0.15, 0.2) is 4.99 Å². The highest BCUT2D eigenvalue weighted by Gasteiger charge is 1.73. The minimum absolute atomic E-state index is 0.0991. The second-order valence-corrected chi connectivity index (χ2v) is 1.36. The average Bonchev–Trinajstić information content (AvgIpc) is 1.97. The van der Waals surface area contributed by atoms with Gasteiger partial charge in [0.25, 0.3) is 0 Å². The lowest BCUT2D eigenvalue weighted by molar-refractivity contribution is -0.124. The van der Waals surface area contributed by atoms with E-state index in [9.17, 15) is 0 Å². The highest BCUT2D eigenvalue weighted by atomic mass is 16.8. The van der Waals surface area contributed by atoms with Crippen molar-refractivity contribution in [1.82, 2.24) is 5.64 Å². The third-order valence-electron chi connectivity index (χ3n) is 0.703. The van der Waals surface area contributed by atoms with Crippen molar-refractivity contribution in [2.45, 2.75) is 13.3 Å². The summed E-state index contributed by atoms with van der Waals surface area (Å²) < 4.78 is 0. The molecule has 0 aliphatic carbocycles. The standard InChI is InChI=1S/C6H10N2O2/c1-2-3-4-5-7-6-10-8-9/h5,8-9H,4,6H2,1H3. The van der Waals surface area contributed by atoms with Crippen molar-refractivity contribution in [3.63, 3.8) is 0 Å². The van der Waals surface area contributed by atoms with Gasteiger partial charge in [0.1, 0.15) is 0 Å². The number of nitrogens with one attached hydrogen (secondary N) is 1. The minimum atomic E-state index is 0.0991. The number of hydrogen-bond acceptors (Lipinski definition) is 4. The number of hydrogen-bond donors (Lipinski definition) is 2. The minimum Gasteiger partial charge on any atom is -0.292 e. The largest absolute Gasteiger partial charge is 0.292 e. The Labute approximate surface area is 59.8 Å². The summed E-state index contributed by atoms with van der Waals surface area (Å²) in [4.78, 5) is 8.00. The molecule has 0 amide bonds. The maximum Gasteiger partial charge on any atom is 0.160 e. The van der Waals surface area contributed by atoms with Crippen LogP contribution in [0, 0.1) is 11.8 Å². The van der Waals surface area contributed by atoms with Crippen molar-refractivity contribution >= 4 is 6.21 Å². The van der Waals surface area contributed by atoms with E-state index in [-0.39, 0.29) is 6.73 Å². The molecule has 0 fully saturated rings. The van der Waals surface area contributed by atoms with Gasteiger partial charge in [0.15, 0.2) is 6.73 Å². The van der Waals surface area contributed by atoms with E-state index >= 15 is 0 Å². The van der Waals surface area contributed by atoms with Crippen molar-refractivity contribution in [2.75, 3.05) is 6.73 Å². The second-order valence-electron chi connectivity index (χ2n) is 1.36. The molecule has 0 heterocycles. The van der Waals surface area contributed by atoms with Crippen LogP contribution in [-0.2, 0) is 4.84 Å². The first kappa shape index (κ1) is 9.11. The molecule has 0 unspecified atom stereocenters. The molecule has 0 aromatic rings. The van der Waals surface area contributed by atoms with Crippen LogP contribution in [0.1, 0.15) is 13.3 Å². The lowest BCUT2D eigenvalue weighted by atomic mass is 10.5. The Hall–Kier alpha value is -0.890. The van der Waals surface area contributed by atoms with E-state index in [1.54, 1.807) is 13.1 Å². The molecule has 0 rings (SSSR count). The van der Waals surface area contributed by atoms with Crippen molar-refractivity contribution in [3.05, 3.63) is 0 Å². The molecule has 0 saturated carbocycles. The summed E-state index contributed by atoms with van der Waals surface area (Å²) in [5.74, 6) is 5.50. The van der Waals surface area contributed by atoms with Crippen LogP contribution in [-0.4, -0.2) is 18.2 Å². The van der Waals surface area contributed by atoms with Crippen LogP contribution in [0.3, 0.4) is 0 Å². The van der Waals surface area contributed by atoms with Crippen molar-refractivity contribution < 1.29 is 10.0 Å². The van der Waals surface area contributed by atoms with Gasteiger partial charge in [-0.15, -0.1) is 5.92 Å². The average molecular weight is 142 g/mol. The van der Waals surface area contributed by atoms with Gasteiger partial charge in [0.05, 0.1) is 0 Å². The van der Waals surface area contributed by atoms with E-state index in [1.165, 1.54) is 5.64 Å². The molecule has 0 radical (unpaired) electrons. The molecule has 4 heteroatoms. The highest BCUT2D eigenvalue weighted by Crippen LogP contribution is 1.71. The molecule has 0 atom stereocenters. The van der Waals surface area contributed by atoms with Crippen molar-refractivity contribution in [1.29, 1.82) is 0 Å². The first-order chi connectivity index (χ1) is 4.91. The summed E-state index contributed by atoms with van der Waals surface area (Å²) >= 11 is 0. The molecule has 2 N–H and O–H groups in total. The van der Waals surface area contributed by atoms with E-state index in [0.29, 0.717) is 6.42 Å². The van der Waals surface area contributed by atoms with E-state index in [0.717, 1.165) is 0 Å². The third kappa shape index (κ3) is 7.11. The van der Waals surface area contributed by atoms with Gasteiger partial charge >= 0.3 is 0 Å². The SMILES string of the molecule is CC#CCC=NCONO. The van der Waals surface area contributed by atoms with Gasteiger partial charge in [0.2, 0.25) is 0 Å². The fourth-order valence-corrected chi connectivity index (χ4v) is 0.331. The van der Waals surface area contributed by atoms with Gasteiger partial charge < -0.3 is 0 Å². The van der Waals surface area contributed by atoms with E-state index < -0.39 is 0 Å². The van der Waals surface area contributed by atoms with Crippen LogP contribution in [0.2, 0.25) is 0 Å². The predicted octanol–water partition coefficient (Wildman–Crippen LogP) is 0.338. The quantitative estimate of drug-likeness (QED) is 0.257. The molecule has 56 valence electrons. The number of nitrogens with zero attached hydrogens (tertiary/aromatic N) is 1. The summed E-state index contributed by atoms with van der Waals surface area (Å²) in [6, 6.07) is 0. The molecule has 0 aliphatic rings. The van der Waals surface area contributed by atoms with Crippen LogP contribution >= 0.6 is 0 Å². The lowest BCUT2D eigenvalue weighted by Crippen LogP contribution is -2.07. The summed E-state index contributed by atoms with van der Waals surface area (Å²) in [5.41, 5.74) is 1.51. The fraction of sp³-hybridized carbons (Fsp3) is 0.500. The summed E-state index contributed by atoms with van der Waals surface area (Å²) in [6.07, 6.45) is 2.24. The van der Waals surface area contributed by atoms with Gasteiger partial charge in [0, 0.05) is 12.6 Å². The fourth-order valence-electron chi connectivity index (χ4n) is 0.331. The normalized spacial score (nSPS) is 9.40. The van der Waals surface area contributed by atoms with Crippen LogP contribution in [0.4, 0.5) is 0 Å². The maximum atomic E-state index is 7.89. The molecule has 0 aliphatic heterocycles. The molecular formula is C6H10N2O2.